The Bertz CT molecular complexity index is 507. The van der Waals surface area contributed by atoms with Crippen LogP contribution in [-0.2, 0) is 4.79 Å². The van der Waals surface area contributed by atoms with E-state index < -0.39 is 12.0 Å². The molecule has 1 amide bonds. The largest absolute Gasteiger partial charge is 0.382 e. The first-order chi connectivity index (χ1) is 8.70. The third-order valence-electron chi connectivity index (χ3n) is 2.51. The van der Waals surface area contributed by atoms with Crippen LogP contribution in [0.2, 0.25) is 0 Å². The van der Waals surface area contributed by atoms with Crippen LogP contribution in [0.4, 0.5) is 5.69 Å². The summed E-state index contributed by atoms with van der Waals surface area (Å²) in [5.74, 6) is -0.506. The molecule has 1 atom stereocenters. The molecule has 0 aliphatic rings. The number of aliphatic hydroxyl groups is 1. The van der Waals surface area contributed by atoms with E-state index in [1.807, 2.05) is 12.1 Å². The molecule has 0 aliphatic heterocycles. The summed E-state index contributed by atoms with van der Waals surface area (Å²) in [7, 11) is 0. The molecule has 6 heteroatoms. The Hall–Kier alpha value is -2.18. The summed E-state index contributed by atoms with van der Waals surface area (Å²) in [6.45, 7) is -0.0983. The van der Waals surface area contributed by atoms with Gasteiger partial charge in [0.15, 0.2) is 0 Å². The van der Waals surface area contributed by atoms with Gasteiger partial charge in [0.1, 0.15) is 6.10 Å². The van der Waals surface area contributed by atoms with Gasteiger partial charge in [-0.1, -0.05) is 12.1 Å². The number of hydrogen-bond acceptors (Lipinski definition) is 4. The zero-order valence-corrected chi connectivity index (χ0v) is 9.63. The minimum absolute atomic E-state index is 0.0983. The Kier molecular flexibility index (Phi) is 3.71. The highest BCUT2D eigenvalue weighted by Gasteiger charge is 2.12. The molecular weight excluding hydrogens is 232 g/mol. The average molecular weight is 246 g/mol. The minimum Gasteiger partial charge on any atom is -0.382 e. The molecule has 0 saturated carbocycles. The van der Waals surface area contributed by atoms with Crippen LogP contribution < -0.4 is 11.1 Å². The van der Waals surface area contributed by atoms with Crippen LogP contribution in [0.15, 0.2) is 36.7 Å². The molecule has 2 rings (SSSR count). The molecule has 1 unspecified atom stereocenters. The molecule has 5 N–H and O–H groups in total. The number of rotatable bonds is 4. The molecule has 0 spiro atoms. The number of aliphatic hydroxyl groups excluding tert-OH is 1. The number of benzene rings is 1. The number of anilines is 1. The summed E-state index contributed by atoms with van der Waals surface area (Å²) in [4.78, 5) is 11.4. The second-order valence-electron chi connectivity index (χ2n) is 3.81. The lowest BCUT2D eigenvalue weighted by atomic mass is 10.1. The number of aromatic nitrogens is 2. The quantitative estimate of drug-likeness (QED) is 0.624. The van der Waals surface area contributed by atoms with Crippen molar-refractivity contribution in [2.75, 3.05) is 11.9 Å². The fourth-order valence-electron chi connectivity index (χ4n) is 1.49. The number of carbonyl (C=O) groups excluding carboxylic acids is 1. The zero-order chi connectivity index (χ0) is 13.0. The van der Waals surface area contributed by atoms with Crippen molar-refractivity contribution < 1.29 is 9.90 Å². The zero-order valence-electron chi connectivity index (χ0n) is 9.63. The molecule has 0 fully saturated rings. The van der Waals surface area contributed by atoms with E-state index in [9.17, 15) is 9.90 Å². The van der Waals surface area contributed by atoms with E-state index in [-0.39, 0.29) is 6.54 Å². The highest BCUT2D eigenvalue weighted by atomic mass is 16.3. The first-order valence-electron chi connectivity index (χ1n) is 5.49. The number of nitrogens with two attached hydrogens (primary N) is 1. The van der Waals surface area contributed by atoms with Crippen LogP contribution in [0, 0.1) is 0 Å². The highest BCUT2D eigenvalue weighted by molar-refractivity contribution is 5.94. The first-order valence-corrected chi connectivity index (χ1v) is 5.49. The van der Waals surface area contributed by atoms with Crippen molar-refractivity contribution >= 4 is 11.6 Å². The topological polar surface area (TPSA) is 104 Å². The van der Waals surface area contributed by atoms with E-state index in [2.05, 4.69) is 15.5 Å². The van der Waals surface area contributed by atoms with E-state index >= 15 is 0 Å². The van der Waals surface area contributed by atoms with Crippen LogP contribution in [0.25, 0.3) is 11.1 Å². The Morgan fingerprint density at radius 3 is 2.67 bits per heavy atom. The average Bonchev–Trinajstić information content (AvgIpc) is 2.92. The van der Waals surface area contributed by atoms with Gasteiger partial charge in [0.05, 0.1) is 6.20 Å². The van der Waals surface area contributed by atoms with Gasteiger partial charge in [0, 0.05) is 24.0 Å². The van der Waals surface area contributed by atoms with E-state index in [4.69, 9.17) is 5.73 Å². The van der Waals surface area contributed by atoms with Gasteiger partial charge < -0.3 is 16.2 Å². The molecule has 0 aliphatic carbocycles. The molecule has 94 valence electrons. The van der Waals surface area contributed by atoms with Gasteiger partial charge in [-0.15, -0.1) is 0 Å². The van der Waals surface area contributed by atoms with Crippen molar-refractivity contribution in [1.29, 1.82) is 0 Å². The van der Waals surface area contributed by atoms with Crippen molar-refractivity contribution in [2.24, 2.45) is 5.73 Å². The number of amides is 1. The fraction of sp³-hybridized carbons (Fsp3) is 0.167. The highest BCUT2D eigenvalue weighted by Crippen LogP contribution is 2.19. The molecule has 1 heterocycles. The summed E-state index contributed by atoms with van der Waals surface area (Å²) in [5, 5.41) is 18.4. The number of carbonyl (C=O) groups is 1. The second-order valence-corrected chi connectivity index (χ2v) is 3.81. The Morgan fingerprint density at radius 1 is 1.39 bits per heavy atom. The monoisotopic (exact) mass is 246 g/mol. The predicted molar refractivity (Wildman–Crippen MR) is 67.7 cm³/mol. The van der Waals surface area contributed by atoms with Crippen LogP contribution in [0.5, 0.6) is 0 Å². The molecule has 2 aromatic rings. The van der Waals surface area contributed by atoms with Crippen LogP contribution in [0.3, 0.4) is 0 Å². The van der Waals surface area contributed by atoms with Crippen molar-refractivity contribution in [3.63, 3.8) is 0 Å². The van der Waals surface area contributed by atoms with Crippen molar-refractivity contribution in [3.8, 4) is 11.1 Å². The Morgan fingerprint density at radius 2 is 2.11 bits per heavy atom. The SMILES string of the molecule is NCC(O)C(=O)Nc1ccc(-c2cn[nH]c2)cc1. The number of nitrogens with one attached hydrogen (secondary N) is 2. The van der Waals surface area contributed by atoms with Crippen LogP contribution in [-0.4, -0.2) is 33.9 Å². The van der Waals surface area contributed by atoms with Gasteiger partial charge in [0.2, 0.25) is 0 Å². The van der Waals surface area contributed by atoms with Gasteiger partial charge in [-0.3, -0.25) is 9.89 Å². The number of aromatic amines is 1. The van der Waals surface area contributed by atoms with E-state index in [1.165, 1.54) is 0 Å². The molecule has 6 nitrogen and oxygen atoms in total. The van der Waals surface area contributed by atoms with Crippen molar-refractivity contribution in [3.05, 3.63) is 36.7 Å². The summed E-state index contributed by atoms with van der Waals surface area (Å²) < 4.78 is 0. The smallest absolute Gasteiger partial charge is 0.254 e. The Labute approximate surface area is 104 Å². The fourth-order valence-corrected chi connectivity index (χ4v) is 1.49. The van der Waals surface area contributed by atoms with E-state index in [1.54, 1.807) is 24.5 Å². The number of nitrogens with zero attached hydrogens (tertiary/aromatic N) is 1. The molecule has 1 aromatic heterocycles. The minimum atomic E-state index is -1.18. The van der Waals surface area contributed by atoms with Gasteiger partial charge in [-0.05, 0) is 17.7 Å². The first kappa shape index (κ1) is 12.3. The maximum Gasteiger partial charge on any atom is 0.254 e. The third kappa shape index (κ3) is 2.73. The number of H-pyrrole nitrogens is 1. The standard InChI is InChI=1S/C12H14N4O2/c13-5-11(17)12(18)16-10-3-1-8(2-4-10)9-6-14-15-7-9/h1-4,6-7,11,17H,5,13H2,(H,14,15)(H,16,18). The van der Waals surface area contributed by atoms with Crippen molar-refractivity contribution in [2.45, 2.75) is 6.10 Å². The molecule has 0 radical (unpaired) electrons. The molecule has 0 bridgehead atoms. The summed E-state index contributed by atoms with van der Waals surface area (Å²) in [5.41, 5.74) is 7.76. The summed E-state index contributed by atoms with van der Waals surface area (Å²) >= 11 is 0. The summed E-state index contributed by atoms with van der Waals surface area (Å²) in [6.07, 6.45) is 2.32. The lowest BCUT2D eigenvalue weighted by Gasteiger charge is -2.09. The predicted octanol–water partition coefficient (Wildman–Crippen LogP) is 0.335. The lowest BCUT2D eigenvalue weighted by molar-refractivity contribution is -0.123. The summed E-state index contributed by atoms with van der Waals surface area (Å²) in [6, 6.07) is 7.22. The van der Waals surface area contributed by atoms with Crippen LogP contribution in [0.1, 0.15) is 0 Å². The third-order valence-corrected chi connectivity index (χ3v) is 2.51. The molecule has 18 heavy (non-hydrogen) atoms. The molecule has 0 saturated heterocycles. The van der Waals surface area contributed by atoms with Gasteiger partial charge in [-0.25, -0.2) is 0 Å². The second kappa shape index (κ2) is 5.44. The van der Waals surface area contributed by atoms with Gasteiger partial charge >= 0.3 is 0 Å². The van der Waals surface area contributed by atoms with Crippen LogP contribution >= 0.6 is 0 Å². The van der Waals surface area contributed by atoms with E-state index in [0.29, 0.717) is 5.69 Å². The molecule has 1 aromatic carbocycles. The van der Waals surface area contributed by atoms with Gasteiger partial charge in [0.25, 0.3) is 5.91 Å². The number of hydrogen-bond donors (Lipinski definition) is 4. The van der Waals surface area contributed by atoms with Gasteiger partial charge in [-0.2, -0.15) is 5.10 Å². The lowest BCUT2D eigenvalue weighted by Crippen LogP contribution is -2.34. The van der Waals surface area contributed by atoms with E-state index in [0.717, 1.165) is 11.1 Å². The maximum absolute atomic E-state index is 11.4. The maximum atomic E-state index is 11.4. The Balaban J connectivity index is 2.06. The van der Waals surface area contributed by atoms with Crippen molar-refractivity contribution in [1.82, 2.24) is 10.2 Å². The normalized spacial score (nSPS) is 12.1. The molecular formula is C12H14N4O2.